The maximum atomic E-state index is 12.7. The molecule has 0 bridgehead atoms. The second kappa shape index (κ2) is 8.31. The Morgan fingerprint density at radius 1 is 1.27 bits per heavy atom. The molecule has 0 spiro atoms. The number of hydrogen-bond donors (Lipinski definition) is 0. The molecule has 138 valence electrons. The predicted molar refractivity (Wildman–Crippen MR) is 102 cm³/mol. The first-order valence-electron chi connectivity index (χ1n) is 8.85. The Balaban J connectivity index is 1.58. The van der Waals surface area contributed by atoms with Crippen LogP contribution in [0, 0.1) is 6.92 Å². The molecule has 3 rings (SSSR count). The molecule has 7 heteroatoms. The van der Waals surface area contributed by atoms with Crippen molar-refractivity contribution in [2.75, 3.05) is 31.1 Å². The van der Waals surface area contributed by atoms with E-state index in [9.17, 15) is 9.59 Å². The summed E-state index contributed by atoms with van der Waals surface area (Å²) < 4.78 is 5.05. The molecule has 6 nitrogen and oxygen atoms in total. The van der Waals surface area contributed by atoms with Gasteiger partial charge in [0, 0.05) is 19.6 Å². The minimum atomic E-state index is -0.375. The molecule has 1 aromatic carbocycles. The van der Waals surface area contributed by atoms with E-state index in [2.05, 4.69) is 17.1 Å². The third-order valence-electron chi connectivity index (χ3n) is 4.31. The average Bonchev–Trinajstić information content (AvgIpc) is 3.19. The maximum absolute atomic E-state index is 12.7. The van der Waals surface area contributed by atoms with Gasteiger partial charge in [-0.2, -0.15) is 0 Å². The van der Waals surface area contributed by atoms with Crippen LogP contribution in [0.1, 0.15) is 34.3 Å². The predicted octanol–water partition coefficient (Wildman–Crippen LogP) is 3.50. The summed E-state index contributed by atoms with van der Waals surface area (Å²) in [5.74, 6) is -0.375. The third-order valence-corrected chi connectivity index (χ3v) is 5.47. The van der Waals surface area contributed by atoms with Crippen molar-refractivity contribution < 1.29 is 14.3 Å². The molecular formula is C19H23N3O3S. The van der Waals surface area contributed by atoms with Crippen molar-refractivity contribution in [3.05, 3.63) is 46.5 Å². The second-order valence-electron chi connectivity index (χ2n) is 6.14. The number of amides is 2. The Bertz CT molecular complexity index is 776. The number of benzene rings is 1. The molecule has 26 heavy (non-hydrogen) atoms. The number of esters is 1. The molecule has 2 amide bonds. The summed E-state index contributed by atoms with van der Waals surface area (Å²) in [7, 11) is 0. The summed E-state index contributed by atoms with van der Waals surface area (Å²) in [5, 5.41) is 0.570. The number of ether oxygens (including phenoxy) is 1. The maximum Gasteiger partial charge on any atom is 0.350 e. The van der Waals surface area contributed by atoms with Gasteiger partial charge in [-0.1, -0.05) is 41.7 Å². The summed E-state index contributed by atoms with van der Waals surface area (Å²) in [4.78, 5) is 33.0. The minimum absolute atomic E-state index is 0.0396. The van der Waals surface area contributed by atoms with Gasteiger partial charge in [0.2, 0.25) is 0 Å². The first-order chi connectivity index (χ1) is 12.6. The van der Waals surface area contributed by atoms with Crippen molar-refractivity contribution in [1.82, 2.24) is 9.88 Å². The summed E-state index contributed by atoms with van der Waals surface area (Å²) in [6, 6.07) is 10.2. The first-order valence-corrected chi connectivity index (χ1v) is 9.66. The van der Waals surface area contributed by atoms with Crippen molar-refractivity contribution in [3.63, 3.8) is 0 Å². The molecule has 1 fully saturated rings. The lowest BCUT2D eigenvalue weighted by atomic mass is 10.1. The molecule has 0 atom stereocenters. The average molecular weight is 373 g/mol. The van der Waals surface area contributed by atoms with Crippen molar-refractivity contribution in [3.8, 4) is 0 Å². The number of aryl methyl sites for hydroxylation is 2. The SMILES string of the molecule is CCOC(=O)c1sc(N2CCN(CCCc3ccccc3)C2=O)nc1C. The molecule has 0 unspecified atom stereocenters. The number of rotatable bonds is 7. The fourth-order valence-corrected chi connectivity index (χ4v) is 3.95. The van der Waals surface area contributed by atoms with Crippen LogP contribution >= 0.6 is 11.3 Å². The highest BCUT2D eigenvalue weighted by Crippen LogP contribution is 2.29. The van der Waals surface area contributed by atoms with Crippen molar-refractivity contribution >= 4 is 28.5 Å². The summed E-state index contributed by atoms with van der Waals surface area (Å²) >= 11 is 1.22. The molecule has 1 aromatic heterocycles. The van der Waals surface area contributed by atoms with E-state index in [-0.39, 0.29) is 12.0 Å². The molecule has 0 N–H and O–H groups in total. The number of carbonyl (C=O) groups is 2. The standard InChI is InChI=1S/C19H23N3O3S/c1-3-25-17(23)16-14(2)20-18(26-16)22-13-12-21(19(22)24)11-7-10-15-8-5-4-6-9-15/h4-6,8-9H,3,7,10-13H2,1-2H3. The summed E-state index contributed by atoms with van der Waals surface area (Å²) in [5.41, 5.74) is 1.89. The number of anilines is 1. The van der Waals surface area contributed by atoms with Crippen molar-refractivity contribution in [1.29, 1.82) is 0 Å². The Morgan fingerprint density at radius 2 is 2.04 bits per heavy atom. The fourth-order valence-electron chi connectivity index (χ4n) is 2.97. The van der Waals surface area contributed by atoms with E-state index in [1.165, 1.54) is 16.9 Å². The normalized spacial score (nSPS) is 14.2. The highest BCUT2D eigenvalue weighted by Gasteiger charge is 2.32. The van der Waals surface area contributed by atoms with Crippen LogP contribution in [0.2, 0.25) is 0 Å². The van der Waals surface area contributed by atoms with Crippen LogP contribution in [-0.2, 0) is 11.2 Å². The highest BCUT2D eigenvalue weighted by molar-refractivity contribution is 7.17. The largest absolute Gasteiger partial charge is 0.462 e. The molecule has 0 saturated carbocycles. The Labute approximate surface area is 157 Å². The van der Waals surface area contributed by atoms with Gasteiger partial charge in [0.25, 0.3) is 0 Å². The van der Waals surface area contributed by atoms with Crippen LogP contribution < -0.4 is 4.90 Å². The topological polar surface area (TPSA) is 62.7 Å². The number of carbonyl (C=O) groups excluding carboxylic acids is 2. The number of nitrogens with zero attached hydrogens (tertiary/aromatic N) is 3. The van der Waals surface area contributed by atoms with E-state index < -0.39 is 0 Å². The summed E-state index contributed by atoms with van der Waals surface area (Å²) in [6.07, 6.45) is 1.88. The van der Waals surface area contributed by atoms with Gasteiger partial charge in [-0.25, -0.2) is 14.6 Å². The van der Waals surface area contributed by atoms with Gasteiger partial charge in [0.15, 0.2) is 5.13 Å². The Morgan fingerprint density at radius 3 is 2.77 bits per heavy atom. The quantitative estimate of drug-likeness (QED) is 0.697. The monoisotopic (exact) mass is 373 g/mol. The lowest BCUT2D eigenvalue weighted by Gasteiger charge is -2.16. The van der Waals surface area contributed by atoms with Gasteiger partial charge < -0.3 is 9.64 Å². The zero-order valence-electron chi connectivity index (χ0n) is 15.1. The van der Waals surface area contributed by atoms with Gasteiger partial charge in [-0.15, -0.1) is 0 Å². The zero-order valence-corrected chi connectivity index (χ0v) is 15.9. The molecule has 0 radical (unpaired) electrons. The van der Waals surface area contributed by atoms with Crippen LogP contribution in [0.25, 0.3) is 0 Å². The molecular weight excluding hydrogens is 350 g/mol. The highest BCUT2D eigenvalue weighted by atomic mass is 32.1. The van der Waals surface area contributed by atoms with Gasteiger partial charge in [-0.05, 0) is 32.3 Å². The molecule has 2 aromatic rings. The van der Waals surface area contributed by atoms with Crippen molar-refractivity contribution in [2.45, 2.75) is 26.7 Å². The van der Waals surface area contributed by atoms with E-state index in [1.54, 1.807) is 18.7 Å². The Hall–Kier alpha value is -2.41. The van der Waals surface area contributed by atoms with Crippen LogP contribution in [0.4, 0.5) is 9.93 Å². The molecule has 0 aliphatic carbocycles. The van der Waals surface area contributed by atoms with Crippen LogP contribution in [0.3, 0.4) is 0 Å². The van der Waals surface area contributed by atoms with Crippen LogP contribution in [0.15, 0.2) is 30.3 Å². The van der Waals surface area contributed by atoms with E-state index >= 15 is 0 Å². The van der Waals surface area contributed by atoms with Gasteiger partial charge >= 0.3 is 12.0 Å². The molecule has 1 saturated heterocycles. The van der Waals surface area contributed by atoms with Gasteiger partial charge in [0.1, 0.15) is 4.88 Å². The minimum Gasteiger partial charge on any atom is -0.462 e. The molecule has 2 heterocycles. The van der Waals surface area contributed by atoms with Gasteiger partial charge in [-0.3, -0.25) is 4.90 Å². The van der Waals surface area contributed by atoms with E-state index in [1.807, 2.05) is 23.1 Å². The van der Waals surface area contributed by atoms with Crippen molar-refractivity contribution in [2.24, 2.45) is 0 Å². The fraction of sp³-hybridized carbons (Fsp3) is 0.421. The lowest BCUT2D eigenvalue weighted by molar-refractivity contribution is 0.0531. The molecule has 1 aliphatic heterocycles. The van der Waals surface area contributed by atoms with Crippen LogP contribution in [-0.4, -0.2) is 48.1 Å². The first kappa shape index (κ1) is 18.4. The van der Waals surface area contributed by atoms with E-state index in [4.69, 9.17) is 4.74 Å². The lowest BCUT2D eigenvalue weighted by Crippen LogP contribution is -2.32. The number of urea groups is 1. The Kier molecular flexibility index (Phi) is 5.88. The van der Waals surface area contributed by atoms with E-state index in [0.717, 1.165) is 19.4 Å². The third kappa shape index (κ3) is 4.04. The van der Waals surface area contributed by atoms with Gasteiger partial charge in [0.05, 0.1) is 12.3 Å². The van der Waals surface area contributed by atoms with Crippen LogP contribution in [0.5, 0.6) is 0 Å². The smallest absolute Gasteiger partial charge is 0.350 e. The number of aromatic nitrogens is 1. The molecule has 1 aliphatic rings. The van der Waals surface area contributed by atoms with E-state index in [0.29, 0.717) is 35.4 Å². The zero-order chi connectivity index (χ0) is 18.5. The number of thiazole rings is 1. The number of hydrogen-bond acceptors (Lipinski definition) is 5. The second-order valence-corrected chi connectivity index (χ2v) is 7.12. The summed E-state index contributed by atoms with van der Waals surface area (Å²) in [6.45, 7) is 5.86.